The van der Waals surface area contributed by atoms with Crippen molar-refractivity contribution in [3.8, 4) is 0 Å². The Morgan fingerprint density at radius 2 is 2.00 bits per heavy atom. The molecule has 0 aliphatic heterocycles. The van der Waals surface area contributed by atoms with Crippen molar-refractivity contribution in [1.29, 1.82) is 0 Å². The van der Waals surface area contributed by atoms with E-state index in [0.29, 0.717) is 22.2 Å². The Kier molecular flexibility index (Phi) is 4.23. The zero-order valence-corrected chi connectivity index (χ0v) is 11.4. The van der Waals surface area contributed by atoms with Gasteiger partial charge in [0.1, 0.15) is 0 Å². The fourth-order valence-corrected chi connectivity index (χ4v) is 2.09. The lowest BCUT2D eigenvalue weighted by Gasteiger charge is -2.12. The summed E-state index contributed by atoms with van der Waals surface area (Å²) in [6.07, 6.45) is 1.45. The number of benzene rings is 1. The second-order valence-corrected chi connectivity index (χ2v) is 4.98. The molecule has 0 bridgehead atoms. The van der Waals surface area contributed by atoms with Gasteiger partial charge in [0.2, 0.25) is 0 Å². The van der Waals surface area contributed by atoms with E-state index in [0.717, 1.165) is 11.1 Å². The smallest absolute Gasteiger partial charge is 0.1000 e. The summed E-state index contributed by atoms with van der Waals surface area (Å²) in [6.45, 7) is 1.96. The van der Waals surface area contributed by atoms with E-state index in [4.69, 9.17) is 23.2 Å². The van der Waals surface area contributed by atoms with Crippen LogP contribution in [0.25, 0.3) is 0 Å². The Labute approximate surface area is 116 Å². The minimum absolute atomic E-state index is 0.398. The molecule has 0 aliphatic rings. The number of hydrogen-bond donors (Lipinski definition) is 1. The fourth-order valence-electron chi connectivity index (χ4n) is 1.70. The average molecular weight is 282 g/mol. The maximum atomic E-state index is 10.1. The molecule has 1 N–H and O–H groups in total. The zero-order chi connectivity index (χ0) is 13.1. The Morgan fingerprint density at radius 1 is 1.22 bits per heavy atom. The molecule has 1 aromatic heterocycles. The van der Waals surface area contributed by atoms with Crippen molar-refractivity contribution < 1.29 is 5.11 Å². The van der Waals surface area contributed by atoms with Crippen LogP contribution in [-0.4, -0.2) is 10.1 Å². The van der Waals surface area contributed by atoms with Gasteiger partial charge in [-0.3, -0.25) is 4.98 Å². The summed E-state index contributed by atoms with van der Waals surface area (Å²) >= 11 is 12.0. The Bertz CT molecular complexity index is 540. The van der Waals surface area contributed by atoms with E-state index in [-0.39, 0.29) is 0 Å². The van der Waals surface area contributed by atoms with Gasteiger partial charge in [0.25, 0.3) is 0 Å². The van der Waals surface area contributed by atoms with Crippen LogP contribution in [0.15, 0.2) is 36.5 Å². The van der Waals surface area contributed by atoms with Crippen molar-refractivity contribution in [3.63, 3.8) is 0 Å². The molecular weight excluding hydrogens is 269 g/mol. The lowest BCUT2D eigenvalue weighted by molar-refractivity contribution is 0.173. The number of aromatic nitrogens is 1. The van der Waals surface area contributed by atoms with E-state index in [9.17, 15) is 5.11 Å². The molecule has 18 heavy (non-hydrogen) atoms. The first-order chi connectivity index (χ1) is 8.58. The molecule has 2 rings (SSSR count). The molecule has 1 unspecified atom stereocenters. The highest BCUT2D eigenvalue weighted by Crippen LogP contribution is 2.28. The van der Waals surface area contributed by atoms with Crippen molar-refractivity contribution in [2.45, 2.75) is 19.4 Å². The van der Waals surface area contributed by atoms with E-state index < -0.39 is 6.10 Å². The van der Waals surface area contributed by atoms with Crippen LogP contribution in [0.4, 0.5) is 0 Å². The molecule has 1 aromatic carbocycles. The van der Waals surface area contributed by atoms with Crippen molar-refractivity contribution in [1.82, 2.24) is 4.98 Å². The number of hydrogen-bond acceptors (Lipinski definition) is 2. The van der Waals surface area contributed by atoms with Crippen molar-refractivity contribution in [2.75, 3.05) is 0 Å². The van der Waals surface area contributed by atoms with Crippen molar-refractivity contribution in [2.24, 2.45) is 0 Å². The van der Waals surface area contributed by atoms with Gasteiger partial charge in [-0.1, -0.05) is 41.4 Å². The van der Waals surface area contributed by atoms with Gasteiger partial charge in [-0.15, -0.1) is 0 Å². The summed E-state index contributed by atoms with van der Waals surface area (Å²) in [5.74, 6) is 0. The van der Waals surface area contributed by atoms with Gasteiger partial charge in [0.05, 0.1) is 21.8 Å². The zero-order valence-electron chi connectivity index (χ0n) is 9.90. The van der Waals surface area contributed by atoms with Gasteiger partial charge in [-0.05, 0) is 30.2 Å². The van der Waals surface area contributed by atoms with Crippen LogP contribution in [0.1, 0.15) is 22.9 Å². The number of halogens is 2. The Hall–Kier alpha value is -1.09. The Balaban J connectivity index is 2.18. The van der Waals surface area contributed by atoms with E-state index in [1.807, 2.05) is 31.2 Å². The van der Waals surface area contributed by atoms with Crippen LogP contribution in [0.2, 0.25) is 10.0 Å². The Morgan fingerprint density at radius 3 is 2.67 bits per heavy atom. The highest BCUT2D eigenvalue weighted by Gasteiger charge is 2.13. The lowest BCUT2D eigenvalue weighted by atomic mass is 10.0. The first kappa shape index (κ1) is 13.3. The molecule has 0 radical (unpaired) electrons. The third kappa shape index (κ3) is 3.02. The lowest BCUT2D eigenvalue weighted by Crippen LogP contribution is -2.04. The van der Waals surface area contributed by atoms with Crippen LogP contribution in [0, 0.1) is 6.92 Å². The maximum absolute atomic E-state index is 10.1. The topological polar surface area (TPSA) is 33.1 Å². The number of rotatable bonds is 3. The van der Waals surface area contributed by atoms with E-state index >= 15 is 0 Å². The van der Waals surface area contributed by atoms with Crippen LogP contribution in [0.3, 0.4) is 0 Å². The first-order valence-corrected chi connectivity index (χ1v) is 6.37. The molecule has 1 heterocycles. The van der Waals surface area contributed by atoms with Crippen LogP contribution < -0.4 is 0 Å². The summed E-state index contributed by atoms with van der Waals surface area (Å²) in [7, 11) is 0. The van der Waals surface area contributed by atoms with Gasteiger partial charge >= 0.3 is 0 Å². The second kappa shape index (κ2) is 5.70. The summed E-state index contributed by atoms with van der Waals surface area (Å²) in [4.78, 5) is 4.20. The minimum atomic E-state index is -0.679. The number of aliphatic hydroxyl groups is 1. The normalized spacial score (nSPS) is 12.4. The first-order valence-electron chi connectivity index (χ1n) is 5.61. The largest absolute Gasteiger partial charge is 0.386 e. The number of aryl methyl sites for hydroxylation is 1. The van der Waals surface area contributed by atoms with Gasteiger partial charge < -0.3 is 5.11 Å². The van der Waals surface area contributed by atoms with E-state index in [1.165, 1.54) is 0 Å². The molecular formula is C14H13Cl2NO. The molecule has 4 heteroatoms. The molecule has 1 atom stereocenters. The number of aliphatic hydroxyl groups excluding tert-OH is 1. The molecule has 94 valence electrons. The fraction of sp³-hybridized carbons (Fsp3) is 0.214. The molecule has 2 aromatic rings. The summed E-state index contributed by atoms with van der Waals surface area (Å²) < 4.78 is 0. The molecule has 2 nitrogen and oxygen atoms in total. The van der Waals surface area contributed by atoms with Gasteiger partial charge in [0, 0.05) is 12.6 Å². The van der Waals surface area contributed by atoms with Gasteiger partial charge in [-0.25, -0.2) is 0 Å². The summed E-state index contributed by atoms with van der Waals surface area (Å²) in [5.41, 5.74) is 2.52. The summed E-state index contributed by atoms with van der Waals surface area (Å²) in [5, 5.41) is 11.1. The maximum Gasteiger partial charge on any atom is 0.1000 e. The molecule has 0 spiro atoms. The number of pyridine rings is 1. The van der Waals surface area contributed by atoms with Crippen LogP contribution in [0.5, 0.6) is 0 Å². The van der Waals surface area contributed by atoms with Gasteiger partial charge in [-0.2, -0.15) is 0 Å². The third-order valence-electron chi connectivity index (χ3n) is 2.72. The highest BCUT2D eigenvalue weighted by molar-refractivity contribution is 6.42. The highest BCUT2D eigenvalue weighted by atomic mass is 35.5. The molecule has 0 fully saturated rings. The average Bonchev–Trinajstić information content (AvgIpc) is 2.36. The van der Waals surface area contributed by atoms with E-state index in [1.54, 1.807) is 12.3 Å². The van der Waals surface area contributed by atoms with E-state index in [2.05, 4.69) is 4.98 Å². The second-order valence-electron chi connectivity index (χ2n) is 4.19. The predicted octanol–water partition coefficient (Wildman–Crippen LogP) is 3.97. The monoisotopic (exact) mass is 281 g/mol. The predicted molar refractivity (Wildman–Crippen MR) is 74.1 cm³/mol. The van der Waals surface area contributed by atoms with Crippen LogP contribution in [-0.2, 0) is 6.42 Å². The quantitative estimate of drug-likeness (QED) is 0.923. The number of nitrogens with zero attached hydrogens (tertiary/aromatic N) is 1. The van der Waals surface area contributed by atoms with Crippen molar-refractivity contribution >= 4 is 23.2 Å². The van der Waals surface area contributed by atoms with Crippen LogP contribution >= 0.6 is 23.2 Å². The van der Waals surface area contributed by atoms with Gasteiger partial charge in [0.15, 0.2) is 0 Å². The standard InChI is InChI=1S/C14H13Cl2NO/c1-9-5-6-12(17-8-9)13(18)7-10-3-2-4-11(15)14(10)16/h2-6,8,13,18H,7H2,1H3. The molecule has 0 amide bonds. The molecule has 0 aliphatic carbocycles. The minimum Gasteiger partial charge on any atom is -0.386 e. The third-order valence-corrected chi connectivity index (χ3v) is 3.58. The molecule has 0 saturated carbocycles. The molecule has 0 saturated heterocycles. The van der Waals surface area contributed by atoms with Crippen molar-refractivity contribution in [3.05, 3.63) is 63.4 Å². The summed E-state index contributed by atoms with van der Waals surface area (Å²) in [6, 6.07) is 9.14. The SMILES string of the molecule is Cc1ccc(C(O)Cc2cccc(Cl)c2Cl)nc1.